The number of imidazole rings is 2. The van der Waals surface area contributed by atoms with Gasteiger partial charge < -0.3 is 74.9 Å². The van der Waals surface area contributed by atoms with Gasteiger partial charge in [0.1, 0.15) is 36.6 Å². The number of aromatic nitrogens is 8. The number of hydrogen-bond acceptors (Lipinski definition) is 23. The van der Waals surface area contributed by atoms with E-state index in [1.165, 1.54) is 55.5 Å². The molecule has 0 saturated carbocycles. The van der Waals surface area contributed by atoms with E-state index in [1.54, 1.807) is 22.0 Å². The number of fused-ring (bicyclic) bond motifs is 3. The van der Waals surface area contributed by atoms with Crippen LogP contribution in [-0.4, -0.2) is 144 Å². The number of aliphatic hydroxyl groups excluding tert-OH is 4. The molecule has 8 rings (SSSR count). The number of nitrogens with zero attached hydrogens (tertiary/aromatic N) is 6. The number of H-pyrrole nitrogens is 2. The number of nitrogens with one attached hydrogen (secondary N) is 4. The van der Waals surface area contributed by atoms with Crippen LogP contribution < -0.4 is 51.6 Å². The van der Waals surface area contributed by atoms with E-state index in [2.05, 4.69) is 84.1 Å². The van der Waals surface area contributed by atoms with Crippen LogP contribution in [0.5, 0.6) is 0 Å². The van der Waals surface area contributed by atoms with Crippen molar-refractivity contribution in [3.05, 3.63) is 80.9 Å². The Morgan fingerprint density at radius 1 is 0.718 bits per heavy atom. The summed E-state index contributed by atoms with van der Waals surface area (Å²) >= 11 is 0. The number of aromatic amines is 2. The maximum atomic E-state index is 13.0. The molecule has 430 valence electrons. The lowest BCUT2D eigenvalue weighted by Crippen LogP contribution is -3.11. The molecule has 0 amide bonds. The molecule has 2 saturated heterocycles. The Hall–Kier alpha value is -5.17. The van der Waals surface area contributed by atoms with Gasteiger partial charge in [0, 0.05) is 6.08 Å². The van der Waals surface area contributed by atoms with E-state index in [9.17, 15) is 58.4 Å². The number of nitrogens with two attached hydrogens (primary N) is 2. The lowest BCUT2D eigenvalue weighted by molar-refractivity contribution is -0.894. The van der Waals surface area contributed by atoms with Crippen LogP contribution in [0, 0.1) is 0 Å². The van der Waals surface area contributed by atoms with Crippen LogP contribution in [0.25, 0.3) is 45.3 Å². The molecule has 78 heavy (non-hydrogen) atoms. The molecule has 4 aromatic heterocycles. The molecule has 2 aliphatic heterocycles. The Labute approximate surface area is 446 Å². The zero-order valence-corrected chi connectivity index (χ0v) is 46.4. The molecule has 2 fully saturated rings. The molecule has 11 atom stereocenters. The van der Waals surface area contributed by atoms with E-state index >= 15 is 0 Å². The molecule has 2 aliphatic rings. The van der Waals surface area contributed by atoms with Gasteiger partial charge in [-0.1, -0.05) is 41.4 Å². The molecular weight excluding hydrogens is 1090 g/mol. The number of phosphoric ester groups is 2. The first-order valence-electron chi connectivity index (χ1n) is 24.9. The summed E-state index contributed by atoms with van der Waals surface area (Å²) in [7, 11) is -17.1. The van der Waals surface area contributed by atoms with Crippen LogP contribution in [0.3, 0.4) is 0 Å². The predicted octanol–water partition coefficient (Wildman–Crippen LogP) is -3.26. The highest BCUT2D eigenvalue weighted by molar-refractivity contribution is 7.65. The third-order valence-electron chi connectivity index (χ3n) is 13.1. The van der Waals surface area contributed by atoms with Gasteiger partial charge in [-0.05, 0) is 70.0 Å². The fourth-order valence-electron chi connectivity index (χ4n) is 8.69. The van der Waals surface area contributed by atoms with Crippen LogP contribution in [0.15, 0.2) is 58.4 Å². The highest BCUT2D eigenvalue weighted by Gasteiger charge is 2.49. The van der Waals surface area contributed by atoms with Crippen LogP contribution >= 0.6 is 23.5 Å². The number of hydrogen-bond donors (Lipinski definition) is 10. The molecule has 12 N–H and O–H groups in total. The summed E-state index contributed by atoms with van der Waals surface area (Å²) in [5, 5.41) is 45.1. The molecule has 0 radical (unpaired) electrons. The van der Waals surface area contributed by atoms with Gasteiger partial charge in [-0.2, -0.15) is 9.55 Å². The van der Waals surface area contributed by atoms with Crippen molar-refractivity contribution in [3.8, 4) is 0 Å². The van der Waals surface area contributed by atoms with Gasteiger partial charge in [-0.15, -0.1) is 0 Å². The third-order valence-corrected chi connectivity index (χ3v) is 17.2. The first kappa shape index (κ1) is 62.0. The Morgan fingerprint density at radius 3 is 1.81 bits per heavy atom. The molecule has 0 bridgehead atoms. The Balaban J connectivity index is 0.000000621. The topological polar surface area (TPSA) is 436 Å². The minimum Gasteiger partial charge on any atom is -0.756 e. The van der Waals surface area contributed by atoms with Crippen LogP contribution in [-0.2, 0) is 47.9 Å². The highest BCUT2D eigenvalue weighted by atomic mass is 31.3. The normalized spacial score (nSPS) is 23.8. The molecule has 6 aromatic rings. The second-order valence-electron chi connectivity index (χ2n) is 17.9. The average molecular weight is 1160 g/mol. The van der Waals surface area contributed by atoms with Crippen molar-refractivity contribution in [2.45, 2.75) is 90.6 Å². The summed E-state index contributed by atoms with van der Waals surface area (Å²) in [5.41, 5.74) is 10.1. The van der Waals surface area contributed by atoms with Crippen molar-refractivity contribution < 1.29 is 90.3 Å². The summed E-state index contributed by atoms with van der Waals surface area (Å²) in [5.74, 6) is -0.480. The maximum Gasteiger partial charge on any atom is 0.314 e. The number of anilines is 2. The van der Waals surface area contributed by atoms with E-state index in [1.807, 2.05) is 42.5 Å². The molecule has 2 aromatic carbocycles. The number of rotatable bonds is 20. The van der Waals surface area contributed by atoms with Gasteiger partial charge in [0.05, 0.1) is 65.9 Å². The molecule has 33 heteroatoms. The third kappa shape index (κ3) is 14.8. The number of ether oxygens (including phenoxy) is 2. The second-order valence-corrected chi connectivity index (χ2v) is 22.4. The smallest absolute Gasteiger partial charge is 0.314 e. The fourth-order valence-corrected chi connectivity index (χ4v) is 12.1. The van der Waals surface area contributed by atoms with E-state index < -0.39 is 96.9 Å². The number of nitrogen functional groups attached to an aromatic ring is 2. The van der Waals surface area contributed by atoms with Gasteiger partial charge in [0.2, 0.25) is 23.5 Å². The Kier molecular flexibility index (Phi) is 21.0. The van der Waals surface area contributed by atoms with Crippen LogP contribution in [0.1, 0.15) is 65.4 Å². The van der Waals surface area contributed by atoms with E-state index in [-0.39, 0.29) is 40.0 Å². The maximum absolute atomic E-state index is 13.0. The first-order valence-corrected chi connectivity index (χ1v) is 29.2. The van der Waals surface area contributed by atoms with E-state index in [0.717, 1.165) is 27.2 Å². The highest BCUT2D eigenvalue weighted by Crippen LogP contribution is 2.63. The number of phosphoric acid groups is 3. The van der Waals surface area contributed by atoms with Crippen molar-refractivity contribution in [1.29, 1.82) is 0 Å². The quantitative estimate of drug-likeness (QED) is 0.0265. The molecule has 30 nitrogen and oxygen atoms in total. The SMILES string of the molecule is CC[NH+](CC)CC.CC[NH+](CC)CC.Cn1c(/C=C/c2ccc3ccccc3c2)[n+]([C@@H]2O[C@H](COP(=O)([O-])OP(=O)([O-])OP(=O)([O-])OC[C@H]3O[C@@H](n4cnc5c(=O)[nH]c(N)nc54)[C@H](O)[C@@H]3O)[C@@H](O)[C@H]2O)c2nc(N)[nH]c(=O)c21. The zero-order chi connectivity index (χ0) is 57.4. The summed E-state index contributed by atoms with van der Waals surface area (Å²) in [6.07, 6.45) is -9.89. The molecule has 0 spiro atoms. The average Bonchev–Trinajstić information content (AvgIpc) is 4.23. The number of benzene rings is 2. The van der Waals surface area contributed by atoms with Crippen molar-refractivity contribution >= 4 is 80.6 Å². The standard InChI is InChI=1S/C33H37N10O18P3.2C6H15N/c1-41-19(9-7-14-6-8-15-4-2-3-5-16(15)10-14)43(27-21(41)29(49)40-33(35)38-27)31-25(47)23(45)18(59-31)12-57-63(52,53)61-64(54,55)60-62(50,51)56-11-17-22(44)24(46)30(58-17)42-13-36-20-26(42)37-32(34)39-28(20)48;2*1-4-7(5-2)6-3/h2-10,13,17-18,22-25,30-31,44-47H,11-12H2,1H3,(H8-,34,35,37,38,39,40,48,49,50,51,52,53,54,55);2*4-6H2,1-3H3/b9-7+;;/t17-,18-,22-,23-,24-,25-,30-,31-;;/m1../s1. The van der Waals surface area contributed by atoms with Crippen LogP contribution in [0.4, 0.5) is 11.9 Å². The molecular formula is C45H67N12O18P3. The Morgan fingerprint density at radius 2 is 1.24 bits per heavy atom. The van der Waals surface area contributed by atoms with E-state index in [4.69, 9.17) is 20.9 Å². The van der Waals surface area contributed by atoms with Crippen molar-refractivity contribution in [2.24, 2.45) is 7.05 Å². The fraction of sp³-hybridized carbons (Fsp3) is 0.511. The van der Waals surface area contributed by atoms with Gasteiger partial charge >= 0.3 is 5.65 Å². The lowest BCUT2D eigenvalue weighted by atomic mass is 10.1. The first-order chi connectivity index (χ1) is 36.8. The second kappa shape index (κ2) is 26.4. The number of aliphatic hydroxyl groups is 4. The van der Waals surface area contributed by atoms with Crippen molar-refractivity contribution in [1.82, 2.24) is 34.1 Å². The predicted molar refractivity (Wildman–Crippen MR) is 275 cm³/mol. The van der Waals surface area contributed by atoms with Gasteiger partial charge in [-0.25, -0.2) is 13.6 Å². The number of aryl methyl sites for hydroxylation is 1. The van der Waals surface area contributed by atoms with Crippen molar-refractivity contribution in [3.63, 3.8) is 0 Å². The molecule has 3 unspecified atom stereocenters. The number of quaternary nitrogens is 2. The zero-order valence-electron chi connectivity index (χ0n) is 43.7. The van der Waals surface area contributed by atoms with Crippen LogP contribution in [0.2, 0.25) is 0 Å². The summed E-state index contributed by atoms with van der Waals surface area (Å²) < 4.78 is 69.3. The largest absolute Gasteiger partial charge is 0.756 e. The lowest BCUT2D eigenvalue weighted by Gasteiger charge is -2.34. The summed E-state index contributed by atoms with van der Waals surface area (Å²) in [6, 6.07) is 13.2. The monoisotopic (exact) mass is 1160 g/mol. The molecule has 0 aliphatic carbocycles. The minimum absolute atomic E-state index is 0.0417. The van der Waals surface area contributed by atoms with Gasteiger partial charge in [0.15, 0.2) is 17.4 Å². The van der Waals surface area contributed by atoms with E-state index in [0.29, 0.717) is 0 Å². The van der Waals surface area contributed by atoms with Gasteiger partial charge in [0.25, 0.3) is 40.5 Å². The van der Waals surface area contributed by atoms with Crippen molar-refractivity contribution in [2.75, 3.05) is 63.9 Å². The summed E-state index contributed by atoms with van der Waals surface area (Å²) in [4.78, 5) is 82.7. The summed E-state index contributed by atoms with van der Waals surface area (Å²) in [6.45, 7) is 18.5. The van der Waals surface area contributed by atoms with Gasteiger partial charge in [-0.3, -0.25) is 42.4 Å². The molecule has 6 heterocycles. The minimum atomic E-state index is -6.44. The Bertz CT molecular complexity index is 3290.